The lowest BCUT2D eigenvalue weighted by Crippen LogP contribution is -1.90. The van der Waals surface area contributed by atoms with E-state index in [0.29, 0.717) is 12.2 Å². The van der Waals surface area contributed by atoms with Gasteiger partial charge in [0, 0.05) is 10.9 Å². The molecule has 0 spiro atoms. The molecule has 3 nitrogen and oxygen atoms in total. The van der Waals surface area contributed by atoms with Crippen molar-refractivity contribution < 1.29 is 4.74 Å². The van der Waals surface area contributed by atoms with Gasteiger partial charge in [-0.2, -0.15) is 5.26 Å². The third-order valence-electron chi connectivity index (χ3n) is 4.02. The summed E-state index contributed by atoms with van der Waals surface area (Å²) in [6.07, 6.45) is 1.86. The van der Waals surface area contributed by atoms with Crippen molar-refractivity contribution in [2.24, 2.45) is 0 Å². The molecular weight excluding hydrogens is 340 g/mol. The monoisotopic (exact) mass is 360 g/mol. The molecule has 130 valence electrons. The van der Waals surface area contributed by atoms with Gasteiger partial charge in [0.25, 0.3) is 0 Å². The largest absolute Gasteiger partial charge is 0.494 e. The summed E-state index contributed by atoms with van der Waals surface area (Å²) in [5.74, 6) is 0.828. The molecular formula is C22H20N2OS. The van der Waals surface area contributed by atoms with E-state index in [-0.39, 0.29) is 0 Å². The third-order valence-corrected chi connectivity index (χ3v) is 4.89. The van der Waals surface area contributed by atoms with E-state index in [9.17, 15) is 5.26 Å². The second-order valence-corrected chi connectivity index (χ2v) is 6.89. The summed E-state index contributed by atoms with van der Waals surface area (Å²) in [6.45, 7) is 6.76. The highest BCUT2D eigenvalue weighted by Gasteiger charge is 2.11. The molecule has 1 aromatic heterocycles. The highest BCUT2D eigenvalue weighted by atomic mass is 32.1. The predicted molar refractivity (Wildman–Crippen MR) is 108 cm³/mol. The van der Waals surface area contributed by atoms with Gasteiger partial charge < -0.3 is 4.74 Å². The molecule has 0 bridgehead atoms. The first-order chi connectivity index (χ1) is 12.6. The van der Waals surface area contributed by atoms with Crippen molar-refractivity contribution in [3.63, 3.8) is 0 Å². The van der Waals surface area contributed by atoms with Crippen molar-refractivity contribution in [1.82, 2.24) is 4.98 Å². The molecule has 0 radical (unpaired) electrons. The zero-order valence-corrected chi connectivity index (χ0v) is 15.9. The number of hydrogen-bond acceptors (Lipinski definition) is 4. The van der Waals surface area contributed by atoms with E-state index in [1.54, 1.807) is 0 Å². The predicted octanol–water partition coefficient (Wildman–Crippen LogP) is 5.89. The Hall–Kier alpha value is -2.90. The number of aryl methyl sites for hydroxylation is 2. The van der Waals surface area contributed by atoms with Crippen LogP contribution in [0.1, 0.15) is 28.6 Å². The molecule has 3 aromatic rings. The molecule has 0 fully saturated rings. The van der Waals surface area contributed by atoms with Crippen LogP contribution in [0.4, 0.5) is 0 Å². The zero-order chi connectivity index (χ0) is 18.5. The van der Waals surface area contributed by atoms with Gasteiger partial charge in [-0.1, -0.05) is 35.9 Å². The van der Waals surface area contributed by atoms with Crippen molar-refractivity contribution in [3.8, 4) is 23.1 Å². The summed E-state index contributed by atoms with van der Waals surface area (Å²) in [5, 5.41) is 12.3. The number of nitriles is 1. The summed E-state index contributed by atoms with van der Waals surface area (Å²) in [4.78, 5) is 4.69. The van der Waals surface area contributed by atoms with Crippen LogP contribution in [-0.2, 0) is 0 Å². The van der Waals surface area contributed by atoms with Gasteiger partial charge in [-0.25, -0.2) is 4.98 Å². The fraction of sp³-hybridized carbons (Fsp3) is 0.182. The van der Waals surface area contributed by atoms with Crippen molar-refractivity contribution in [1.29, 1.82) is 5.26 Å². The highest BCUT2D eigenvalue weighted by molar-refractivity contribution is 7.11. The topological polar surface area (TPSA) is 45.9 Å². The molecule has 4 heteroatoms. The summed E-state index contributed by atoms with van der Waals surface area (Å²) < 4.78 is 5.45. The summed E-state index contributed by atoms with van der Waals surface area (Å²) >= 11 is 1.49. The Morgan fingerprint density at radius 3 is 2.62 bits per heavy atom. The number of thiazole rings is 1. The summed E-state index contributed by atoms with van der Waals surface area (Å²) in [5.41, 5.74) is 5.96. The fourth-order valence-corrected chi connectivity index (χ4v) is 3.54. The van der Waals surface area contributed by atoms with E-state index in [0.717, 1.165) is 27.6 Å². The number of aromatic nitrogens is 1. The van der Waals surface area contributed by atoms with Crippen LogP contribution in [0.15, 0.2) is 47.8 Å². The van der Waals surface area contributed by atoms with Gasteiger partial charge >= 0.3 is 0 Å². The quantitative estimate of drug-likeness (QED) is 0.533. The van der Waals surface area contributed by atoms with Gasteiger partial charge in [0.1, 0.15) is 16.8 Å². The van der Waals surface area contributed by atoms with Crippen molar-refractivity contribution in [2.75, 3.05) is 6.61 Å². The molecule has 1 heterocycles. The molecule has 0 saturated heterocycles. The maximum atomic E-state index is 9.57. The van der Waals surface area contributed by atoms with Crippen LogP contribution in [0.3, 0.4) is 0 Å². The van der Waals surface area contributed by atoms with Crippen LogP contribution < -0.4 is 4.74 Å². The minimum Gasteiger partial charge on any atom is -0.494 e. The number of nitrogens with zero attached hydrogens (tertiary/aromatic N) is 2. The number of allylic oxidation sites excluding steroid dienone is 1. The van der Waals surface area contributed by atoms with E-state index in [2.05, 4.69) is 43.1 Å². The van der Waals surface area contributed by atoms with E-state index in [1.165, 1.54) is 22.5 Å². The number of hydrogen-bond donors (Lipinski definition) is 0. The van der Waals surface area contributed by atoms with Crippen molar-refractivity contribution in [2.45, 2.75) is 20.8 Å². The van der Waals surface area contributed by atoms with Crippen LogP contribution in [-0.4, -0.2) is 11.6 Å². The Kier molecular flexibility index (Phi) is 5.50. The molecule has 0 aliphatic rings. The van der Waals surface area contributed by atoms with Gasteiger partial charge in [0.2, 0.25) is 0 Å². The average molecular weight is 360 g/mol. The van der Waals surface area contributed by atoms with Crippen LogP contribution in [0.25, 0.3) is 22.9 Å². The van der Waals surface area contributed by atoms with Crippen LogP contribution >= 0.6 is 11.3 Å². The lowest BCUT2D eigenvalue weighted by atomic mass is 10.0. The minimum absolute atomic E-state index is 0.565. The average Bonchev–Trinajstić information content (AvgIpc) is 3.11. The molecule has 0 saturated carbocycles. The standard InChI is InChI=1S/C22H20N2OS/c1-4-25-19-8-6-17(7-9-19)12-18(13-23)22-24-21(14-26-22)20-10-5-15(2)11-16(20)3/h5-12,14H,4H2,1-3H3. The molecule has 0 N–H and O–H groups in total. The lowest BCUT2D eigenvalue weighted by molar-refractivity contribution is 0.340. The Balaban J connectivity index is 1.89. The summed E-state index contributed by atoms with van der Waals surface area (Å²) in [7, 11) is 0. The molecule has 0 atom stereocenters. The zero-order valence-electron chi connectivity index (χ0n) is 15.1. The van der Waals surface area contributed by atoms with Gasteiger partial charge in [-0.3, -0.25) is 0 Å². The Bertz CT molecular complexity index is 978. The molecule has 26 heavy (non-hydrogen) atoms. The number of rotatable bonds is 5. The van der Waals surface area contributed by atoms with Gasteiger partial charge in [0.05, 0.1) is 17.9 Å². The van der Waals surface area contributed by atoms with Crippen LogP contribution in [0.5, 0.6) is 5.75 Å². The maximum absolute atomic E-state index is 9.57. The van der Waals surface area contributed by atoms with E-state index >= 15 is 0 Å². The summed E-state index contributed by atoms with van der Waals surface area (Å²) in [6, 6.07) is 16.3. The van der Waals surface area contributed by atoms with Crippen molar-refractivity contribution in [3.05, 3.63) is 69.5 Å². The third kappa shape index (κ3) is 4.01. The normalized spacial score (nSPS) is 11.2. The van der Waals surface area contributed by atoms with Crippen LogP contribution in [0, 0.1) is 25.2 Å². The molecule has 3 rings (SSSR count). The van der Waals surface area contributed by atoms with E-state index < -0.39 is 0 Å². The Morgan fingerprint density at radius 1 is 1.19 bits per heavy atom. The first-order valence-corrected chi connectivity index (χ1v) is 9.37. The Morgan fingerprint density at radius 2 is 1.96 bits per heavy atom. The smallest absolute Gasteiger partial charge is 0.134 e. The number of ether oxygens (including phenoxy) is 1. The van der Waals surface area contributed by atoms with Crippen molar-refractivity contribution >= 4 is 23.0 Å². The molecule has 0 aliphatic heterocycles. The SMILES string of the molecule is CCOc1ccc(C=C(C#N)c2nc(-c3ccc(C)cc3C)cs2)cc1. The first-order valence-electron chi connectivity index (χ1n) is 8.49. The van der Waals surface area contributed by atoms with Crippen LogP contribution in [0.2, 0.25) is 0 Å². The minimum atomic E-state index is 0.565. The second-order valence-electron chi connectivity index (χ2n) is 6.03. The highest BCUT2D eigenvalue weighted by Crippen LogP contribution is 2.29. The molecule has 2 aromatic carbocycles. The van der Waals surface area contributed by atoms with Gasteiger partial charge in [0.15, 0.2) is 0 Å². The maximum Gasteiger partial charge on any atom is 0.134 e. The molecule has 0 amide bonds. The van der Waals surface area contributed by atoms with E-state index in [4.69, 9.17) is 4.74 Å². The van der Waals surface area contributed by atoms with E-state index in [1.807, 2.05) is 42.6 Å². The second kappa shape index (κ2) is 7.99. The number of benzene rings is 2. The first kappa shape index (κ1) is 17.9. The Labute approximate surface area is 158 Å². The lowest BCUT2D eigenvalue weighted by Gasteiger charge is -2.03. The molecule has 0 unspecified atom stereocenters. The fourth-order valence-electron chi connectivity index (χ4n) is 2.76. The van der Waals surface area contributed by atoms with Gasteiger partial charge in [-0.15, -0.1) is 11.3 Å². The van der Waals surface area contributed by atoms with Gasteiger partial charge in [-0.05, 0) is 50.1 Å². The molecule has 0 aliphatic carbocycles.